The predicted molar refractivity (Wildman–Crippen MR) is 144 cm³/mol. The number of aryl methyl sites for hydroxylation is 1. The summed E-state index contributed by atoms with van der Waals surface area (Å²) in [5, 5.41) is 18.5. The van der Waals surface area contributed by atoms with Gasteiger partial charge in [0.2, 0.25) is 0 Å². The number of nitrogens with two attached hydrogens (primary N) is 1. The van der Waals surface area contributed by atoms with Crippen LogP contribution in [0.1, 0.15) is 41.6 Å². The molecule has 1 aliphatic rings. The number of hydrogen-bond acceptors (Lipinski definition) is 7. The molecule has 4 atom stereocenters. The number of aromatic nitrogens is 3. The van der Waals surface area contributed by atoms with Gasteiger partial charge in [0.1, 0.15) is 6.33 Å². The quantitative estimate of drug-likeness (QED) is 0.318. The first-order valence-corrected chi connectivity index (χ1v) is 13.4. The van der Waals surface area contributed by atoms with Crippen LogP contribution >= 0.6 is 11.8 Å². The number of nitrogens with zero attached hydrogens (tertiary/aromatic N) is 3. The van der Waals surface area contributed by atoms with Crippen LogP contribution in [0.2, 0.25) is 0 Å². The summed E-state index contributed by atoms with van der Waals surface area (Å²) in [5.41, 5.74) is 12.1. The van der Waals surface area contributed by atoms with E-state index in [0.29, 0.717) is 6.54 Å². The smallest absolute Gasteiger partial charge is 0.190 e. The van der Waals surface area contributed by atoms with Gasteiger partial charge in [0.05, 0.1) is 18.8 Å². The molecule has 0 bridgehead atoms. The zero-order chi connectivity index (χ0) is 25.8. The van der Waals surface area contributed by atoms with Crippen molar-refractivity contribution in [1.82, 2.24) is 14.8 Å². The number of ether oxygens (including phenoxy) is 2. The van der Waals surface area contributed by atoms with Gasteiger partial charge in [-0.15, -0.1) is 10.2 Å². The topological polar surface area (TPSA) is 95.4 Å². The van der Waals surface area contributed by atoms with Crippen LogP contribution in [-0.2, 0) is 29.7 Å². The van der Waals surface area contributed by atoms with E-state index in [0.717, 1.165) is 44.3 Å². The predicted octanol–water partition coefficient (Wildman–Crippen LogP) is 5.02. The molecule has 0 saturated carbocycles. The summed E-state index contributed by atoms with van der Waals surface area (Å²) in [6.45, 7) is 2.70. The van der Waals surface area contributed by atoms with Crippen molar-refractivity contribution in [3.8, 4) is 11.1 Å². The molecule has 7 nitrogen and oxygen atoms in total. The second-order valence-corrected chi connectivity index (χ2v) is 10.4. The minimum Gasteiger partial charge on any atom is -0.392 e. The molecule has 3 aromatic carbocycles. The lowest BCUT2D eigenvalue weighted by molar-refractivity contribution is -0.268. The van der Waals surface area contributed by atoms with Crippen molar-refractivity contribution in [3.63, 3.8) is 0 Å². The summed E-state index contributed by atoms with van der Waals surface area (Å²) in [6.07, 6.45) is 0.977. The zero-order valence-corrected chi connectivity index (χ0v) is 21.8. The molecule has 5 rings (SSSR count). The van der Waals surface area contributed by atoms with E-state index in [9.17, 15) is 5.11 Å². The largest absolute Gasteiger partial charge is 0.392 e. The first-order valence-electron chi connectivity index (χ1n) is 12.4. The van der Waals surface area contributed by atoms with Crippen LogP contribution in [0.15, 0.2) is 84.3 Å². The minimum absolute atomic E-state index is 0.0184. The Balaban J connectivity index is 1.40. The maximum absolute atomic E-state index is 9.47. The van der Waals surface area contributed by atoms with E-state index in [2.05, 4.69) is 53.5 Å². The Bertz CT molecular complexity index is 1310. The average molecular weight is 517 g/mol. The molecule has 1 saturated heterocycles. The first kappa shape index (κ1) is 25.6. The third-order valence-corrected chi connectivity index (χ3v) is 7.97. The van der Waals surface area contributed by atoms with Gasteiger partial charge in [0.15, 0.2) is 11.4 Å². The Morgan fingerprint density at radius 2 is 1.70 bits per heavy atom. The van der Waals surface area contributed by atoms with E-state index in [1.165, 1.54) is 0 Å². The molecule has 0 aliphatic carbocycles. The molecule has 1 fully saturated rings. The SMILES string of the molecule is C[C@@H]1[C@H](CSc2nncn2C)O[C@H](c2ccc(-c3cccc(CN)c3)cc2)O[C@@H]1c1ccc(CO)cc1. The van der Waals surface area contributed by atoms with Gasteiger partial charge in [-0.25, -0.2) is 0 Å². The highest BCUT2D eigenvalue weighted by molar-refractivity contribution is 7.99. The van der Waals surface area contributed by atoms with Crippen molar-refractivity contribution >= 4 is 11.8 Å². The molecular weight excluding hydrogens is 484 g/mol. The monoisotopic (exact) mass is 516 g/mol. The van der Waals surface area contributed by atoms with Gasteiger partial charge < -0.3 is 24.9 Å². The molecule has 1 aliphatic heterocycles. The highest BCUT2D eigenvalue weighted by atomic mass is 32.2. The number of hydrogen-bond donors (Lipinski definition) is 2. The molecule has 8 heteroatoms. The second kappa shape index (κ2) is 11.6. The van der Waals surface area contributed by atoms with Crippen molar-refractivity contribution in [2.45, 2.75) is 43.7 Å². The molecule has 1 aromatic heterocycles. The Hall–Kier alpha value is -3.01. The molecular formula is C29H32N4O3S. The number of aliphatic hydroxyl groups is 1. The normalized spacial score (nSPS) is 21.7. The molecule has 2 heterocycles. The van der Waals surface area contributed by atoms with Gasteiger partial charge in [-0.1, -0.05) is 85.4 Å². The standard InChI is InChI=1S/C29H32N4O3S/c1-19-26(17-37-29-32-31-18-33(29)2)35-28(36-27(19)23-8-6-20(16-34)7-9-23)24-12-10-22(11-13-24)25-5-3-4-21(14-25)15-30/h3-14,18-19,26-28,34H,15-17,30H2,1-2H3/t19-,26+,27+,28+/m1/s1. The highest BCUT2D eigenvalue weighted by Crippen LogP contribution is 2.43. The molecule has 0 radical (unpaired) electrons. The maximum Gasteiger partial charge on any atom is 0.190 e. The van der Waals surface area contributed by atoms with Gasteiger partial charge in [-0.05, 0) is 33.9 Å². The van der Waals surface area contributed by atoms with Gasteiger partial charge in [-0.2, -0.15) is 0 Å². The molecule has 0 spiro atoms. The van der Waals surface area contributed by atoms with E-state index < -0.39 is 6.29 Å². The van der Waals surface area contributed by atoms with Crippen molar-refractivity contribution in [3.05, 3.63) is 101 Å². The lowest BCUT2D eigenvalue weighted by Crippen LogP contribution is -2.38. The van der Waals surface area contributed by atoms with Crippen molar-refractivity contribution in [2.24, 2.45) is 18.7 Å². The average Bonchev–Trinajstić information content (AvgIpc) is 3.37. The van der Waals surface area contributed by atoms with Crippen molar-refractivity contribution < 1.29 is 14.6 Å². The first-order chi connectivity index (χ1) is 18.1. The Labute approximate surface area is 221 Å². The summed E-state index contributed by atoms with van der Waals surface area (Å²) < 4.78 is 15.0. The number of thioether (sulfide) groups is 1. The van der Waals surface area contributed by atoms with Crippen LogP contribution in [-0.4, -0.2) is 31.7 Å². The highest BCUT2D eigenvalue weighted by Gasteiger charge is 2.38. The van der Waals surface area contributed by atoms with E-state index in [4.69, 9.17) is 15.2 Å². The van der Waals surface area contributed by atoms with Gasteiger partial charge in [0, 0.05) is 30.8 Å². The fourth-order valence-corrected chi connectivity index (χ4v) is 5.63. The van der Waals surface area contributed by atoms with Crippen LogP contribution in [0.4, 0.5) is 0 Å². The van der Waals surface area contributed by atoms with Crippen LogP contribution < -0.4 is 5.73 Å². The van der Waals surface area contributed by atoms with Gasteiger partial charge in [-0.3, -0.25) is 0 Å². The Morgan fingerprint density at radius 1 is 0.946 bits per heavy atom. The number of aliphatic hydroxyl groups excluding tert-OH is 1. The number of rotatable bonds is 8. The third-order valence-electron chi connectivity index (χ3n) is 6.85. The van der Waals surface area contributed by atoms with E-state index in [-0.39, 0.29) is 24.7 Å². The third kappa shape index (κ3) is 5.79. The summed E-state index contributed by atoms with van der Waals surface area (Å²) in [7, 11) is 1.94. The minimum atomic E-state index is -0.506. The zero-order valence-electron chi connectivity index (χ0n) is 21.0. The lowest BCUT2D eigenvalue weighted by Gasteiger charge is -2.41. The van der Waals surface area contributed by atoms with Crippen molar-refractivity contribution in [2.75, 3.05) is 5.75 Å². The molecule has 37 heavy (non-hydrogen) atoms. The van der Waals surface area contributed by atoms with Gasteiger partial charge >= 0.3 is 0 Å². The van der Waals surface area contributed by atoms with Crippen LogP contribution in [0.25, 0.3) is 11.1 Å². The molecule has 192 valence electrons. The summed E-state index contributed by atoms with van der Waals surface area (Å²) >= 11 is 1.63. The fraction of sp³-hybridized carbons (Fsp3) is 0.310. The Kier molecular flexibility index (Phi) is 8.02. The van der Waals surface area contributed by atoms with Gasteiger partial charge in [0.25, 0.3) is 0 Å². The van der Waals surface area contributed by atoms with Crippen LogP contribution in [0.3, 0.4) is 0 Å². The summed E-state index contributed by atoms with van der Waals surface area (Å²) in [5.74, 6) is 0.832. The molecule has 4 aromatic rings. The summed E-state index contributed by atoms with van der Waals surface area (Å²) in [6, 6.07) is 24.6. The second-order valence-electron chi connectivity index (χ2n) is 9.38. The molecule has 0 amide bonds. The van der Waals surface area contributed by atoms with E-state index in [1.807, 2.05) is 48.0 Å². The summed E-state index contributed by atoms with van der Waals surface area (Å²) in [4.78, 5) is 0. The maximum atomic E-state index is 9.47. The van der Waals surface area contributed by atoms with E-state index in [1.54, 1.807) is 18.1 Å². The Morgan fingerprint density at radius 3 is 2.38 bits per heavy atom. The van der Waals surface area contributed by atoms with Crippen LogP contribution in [0.5, 0.6) is 0 Å². The number of benzene rings is 3. The van der Waals surface area contributed by atoms with Crippen molar-refractivity contribution in [1.29, 1.82) is 0 Å². The molecule has 0 unspecified atom stereocenters. The fourth-order valence-electron chi connectivity index (χ4n) is 4.58. The molecule has 3 N–H and O–H groups in total. The lowest BCUT2D eigenvalue weighted by atomic mass is 9.91. The van der Waals surface area contributed by atoms with Crippen LogP contribution in [0, 0.1) is 5.92 Å². The van der Waals surface area contributed by atoms with E-state index >= 15 is 0 Å².